The molecule has 0 atom stereocenters. The number of para-hydroxylation sites is 1. The number of benzene rings is 3. The van der Waals surface area contributed by atoms with Crippen LogP contribution in [0.25, 0.3) is 27.4 Å². The largest absolute Gasteiger partial charge is 0.276 e. The van der Waals surface area contributed by atoms with E-state index in [0.29, 0.717) is 0 Å². The zero-order chi connectivity index (χ0) is 15.1. The minimum Gasteiger partial charge on any atom is -0.276 e. The molecule has 0 aliphatic rings. The van der Waals surface area contributed by atoms with E-state index < -0.39 is 0 Å². The van der Waals surface area contributed by atoms with E-state index in [4.69, 9.17) is 0 Å². The Bertz CT molecular complexity index is 1040. The van der Waals surface area contributed by atoms with Crippen LogP contribution < -0.4 is 5.56 Å². The van der Waals surface area contributed by atoms with Crippen LogP contribution in [-0.4, -0.2) is 4.57 Å². The van der Waals surface area contributed by atoms with Gasteiger partial charge < -0.3 is 0 Å². The van der Waals surface area contributed by atoms with E-state index in [1.165, 1.54) is 5.56 Å². The summed E-state index contributed by atoms with van der Waals surface area (Å²) in [5.41, 5.74) is 3.05. The second-order valence-corrected chi connectivity index (χ2v) is 5.54. The minimum atomic E-state index is 0.0261. The molecule has 2 heteroatoms. The highest BCUT2D eigenvalue weighted by Crippen LogP contribution is 2.24. The maximum atomic E-state index is 13.0. The van der Waals surface area contributed by atoms with E-state index in [0.717, 1.165) is 27.4 Å². The molecule has 0 radical (unpaired) electrons. The van der Waals surface area contributed by atoms with E-state index in [2.05, 4.69) is 6.07 Å². The molecule has 0 saturated carbocycles. The van der Waals surface area contributed by atoms with Gasteiger partial charge in [-0.2, -0.15) is 0 Å². The first kappa shape index (κ1) is 12.8. The lowest BCUT2D eigenvalue weighted by Gasteiger charge is -2.13. The predicted octanol–water partition coefficient (Wildman–Crippen LogP) is 4.45. The van der Waals surface area contributed by atoms with E-state index in [1.807, 2.05) is 73.7 Å². The van der Waals surface area contributed by atoms with E-state index in [9.17, 15) is 4.79 Å². The third-order valence-corrected chi connectivity index (χ3v) is 4.09. The molecule has 1 heterocycles. The Morgan fingerprint density at radius 2 is 1.27 bits per heavy atom. The number of aryl methyl sites for hydroxylation is 1. The molecule has 106 valence electrons. The van der Waals surface area contributed by atoms with Gasteiger partial charge in [0.2, 0.25) is 0 Å². The standard InChI is InChI=1S/C20H15NO/c1-14-10-12-15(13-11-14)21-19-9-5-4-7-17(19)16-6-2-3-8-18(16)20(21)22/h2-13H,1H3. The molecular formula is C20H15NO. The number of pyridine rings is 1. The second-order valence-electron chi connectivity index (χ2n) is 5.54. The van der Waals surface area contributed by atoms with Gasteiger partial charge in [0.15, 0.2) is 0 Å². The Morgan fingerprint density at radius 3 is 2.00 bits per heavy atom. The van der Waals surface area contributed by atoms with Gasteiger partial charge in [0.1, 0.15) is 0 Å². The molecule has 1 aromatic heterocycles. The quantitative estimate of drug-likeness (QED) is 0.473. The van der Waals surface area contributed by atoms with Crippen molar-refractivity contribution in [3.05, 3.63) is 88.7 Å². The van der Waals surface area contributed by atoms with Crippen LogP contribution in [0.5, 0.6) is 0 Å². The summed E-state index contributed by atoms with van der Waals surface area (Å²) in [6.45, 7) is 2.05. The van der Waals surface area contributed by atoms with Gasteiger partial charge in [-0.05, 0) is 36.6 Å². The van der Waals surface area contributed by atoms with Gasteiger partial charge in [-0.1, -0.05) is 54.1 Å². The minimum absolute atomic E-state index is 0.0261. The first-order chi connectivity index (χ1) is 10.8. The van der Waals surface area contributed by atoms with Crippen LogP contribution in [0.3, 0.4) is 0 Å². The molecule has 22 heavy (non-hydrogen) atoms. The summed E-state index contributed by atoms with van der Waals surface area (Å²) in [5, 5.41) is 2.85. The van der Waals surface area contributed by atoms with Crippen LogP contribution in [0.4, 0.5) is 0 Å². The average Bonchev–Trinajstić information content (AvgIpc) is 2.57. The second kappa shape index (κ2) is 4.85. The molecule has 0 amide bonds. The van der Waals surface area contributed by atoms with Crippen LogP contribution in [0.2, 0.25) is 0 Å². The van der Waals surface area contributed by atoms with Crippen LogP contribution in [0.1, 0.15) is 5.56 Å². The van der Waals surface area contributed by atoms with Crippen molar-refractivity contribution in [1.29, 1.82) is 0 Å². The van der Waals surface area contributed by atoms with Crippen molar-refractivity contribution in [2.24, 2.45) is 0 Å². The van der Waals surface area contributed by atoms with E-state index in [1.54, 1.807) is 4.57 Å². The Morgan fingerprint density at radius 1 is 0.682 bits per heavy atom. The summed E-state index contributed by atoms with van der Waals surface area (Å²) < 4.78 is 1.80. The molecule has 4 rings (SSSR count). The molecule has 3 aromatic carbocycles. The van der Waals surface area contributed by atoms with E-state index in [-0.39, 0.29) is 5.56 Å². The summed E-state index contributed by atoms with van der Waals surface area (Å²) in [6.07, 6.45) is 0. The van der Waals surface area contributed by atoms with Crippen molar-refractivity contribution < 1.29 is 0 Å². The fourth-order valence-corrected chi connectivity index (χ4v) is 2.98. The fraction of sp³-hybridized carbons (Fsp3) is 0.0500. The smallest absolute Gasteiger partial charge is 0.263 e. The Hall–Kier alpha value is -2.87. The number of hydrogen-bond acceptors (Lipinski definition) is 1. The highest BCUT2D eigenvalue weighted by molar-refractivity contribution is 6.06. The summed E-state index contributed by atoms with van der Waals surface area (Å²) >= 11 is 0. The zero-order valence-electron chi connectivity index (χ0n) is 12.3. The fourth-order valence-electron chi connectivity index (χ4n) is 2.98. The van der Waals surface area contributed by atoms with Crippen molar-refractivity contribution in [1.82, 2.24) is 4.57 Å². The molecule has 0 spiro atoms. The number of rotatable bonds is 1. The molecule has 0 unspecified atom stereocenters. The highest BCUT2D eigenvalue weighted by Gasteiger charge is 2.11. The monoisotopic (exact) mass is 285 g/mol. The molecule has 4 aromatic rings. The van der Waals surface area contributed by atoms with Crippen molar-refractivity contribution >= 4 is 21.7 Å². The summed E-state index contributed by atoms with van der Waals surface area (Å²) in [5.74, 6) is 0. The molecule has 0 N–H and O–H groups in total. The van der Waals surface area contributed by atoms with Crippen molar-refractivity contribution in [2.75, 3.05) is 0 Å². The van der Waals surface area contributed by atoms with Crippen LogP contribution >= 0.6 is 0 Å². The number of aromatic nitrogens is 1. The Kier molecular flexibility index (Phi) is 2.83. The number of fused-ring (bicyclic) bond motifs is 3. The average molecular weight is 285 g/mol. The third-order valence-electron chi connectivity index (χ3n) is 4.09. The van der Waals surface area contributed by atoms with Gasteiger partial charge in [-0.25, -0.2) is 0 Å². The zero-order valence-corrected chi connectivity index (χ0v) is 12.3. The maximum absolute atomic E-state index is 13.0. The van der Waals surface area contributed by atoms with Crippen molar-refractivity contribution in [3.8, 4) is 5.69 Å². The summed E-state index contributed by atoms with van der Waals surface area (Å²) in [4.78, 5) is 13.0. The van der Waals surface area contributed by atoms with Crippen molar-refractivity contribution in [2.45, 2.75) is 6.92 Å². The normalized spacial score (nSPS) is 11.1. The predicted molar refractivity (Wildman–Crippen MR) is 91.8 cm³/mol. The van der Waals surface area contributed by atoms with Gasteiger partial charge >= 0.3 is 0 Å². The highest BCUT2D eigenvalue weighted by atomic mass is 16.1. The maximum Gasteiger partial charge on any atom is 0.263 e. The molecule has 0 saturated heterocycles. The number of hydrogen-bond donors (Lipinski definition) is 0. The van der Waals surface area contributed by atoms with Crippen LogP contribution in [0, 0.1) is 6.92 Å². The first-order valence-corrected chi connectivity index (χ1v) is 7.35. The lowest BCUT2D eigenvalue weighted by atomic mass is 10.1. The Balaban J connectivity index is 2.23. The van der Waals surface area contributed by atoms with E-state index >= 15 is 0 Å². The van der Waals surface area contributed by atoms with Crippen LogP contribution in [-0.2, 0) is 0 Å². The van der Waals surface area contributed by atoms with Gasteiger partial charge in [-0.15, -0.1) is 0 Å². The number of nitrogens with zero attached hydrogens (tertiary/aromatic N) is 1. The van der Waals surface area contributed by atoms with Crippen LogP contribution in [0.15, 0.2) is 77.6 Å². The third kappa shape index (κ3) is 1.85. The lowest BCUT2D eigenvalue weighted by Crippen LogP contribution is -2.19. The van der Waals surface area contributed by atoms with Crippen molar-refractivity contribution in [3.63, 3.8) is 0 Å². The molecule has 0 aliphatic carbocycles. The van der Waals surface area contributed by atoms with Gasteiger partial charge in [0.05, 0.1) is 5.52 Å². The molecule has 2 nitrogen and oxygen atoms in total. The van der Waals surface area contributed by atoms with Gasteiger partial charge in [-0.3, -0.25) is 9.36 Å². The SMILES string of the molecule is Cc1ccc(-n2c(=O)c3ccccc3c3ccccc32)cc1. The summed E-state index contributed by atoms with van der Waals surface area (Å²) in [6, 6.07) is 23.9. The first-order valence-electron chi connectivity index (χ1n) is 7.35. The molecule has 0 fully saturated rings. The molecule has 0 bridgehead atoms. The van der Waals surface area contributed by atoms with Gasteiger partial charge in [0.25, 0.3) is 5.56 Å². The lowest BCUT2D eigenvalue weighted by molar-refractivity contribution is 1.06. The topological polar surface area (TPSA) is 22.0 Å². The Labute approximate surface area is 128 Å². The van der Waals surface area contributed by atoms with Gasteiger partial charge in [0, 0.05) is 16.5 Å². The summed E-state index contributed by atoms with van der Waals surface area (Å²) in [7, 11) is 0. The molecular weight excluding hydrogens is 270 g/mol. The molecule has 0 aliphatic heterocycles.